The van der Waals surface area contributed by atoms with Crippen molar-refractivity contribution in [1.82, 2.24) is 4.31 Å². The number of nitrogens with one attached hydrogen (secondary N) is 1. The Morgan fingerprint density at radius 2 is 1.53 bits per heavy atom. The van der Waals surface area contributed by atoms with Gasteiger partial charge in [0.25, 0.3) is 10.0 Å². The number of methoxy groups -OCH3 is 2. The molecule has 0 aromatic heterocycles. The van der Waals surface area contributed by atoms with Crippen molar-refractivity contribution >= 4 is 25.7 Å². The van der Waals surface area contributed by atoms with Crippen molar-refractivity contribution in [1.29, 1.82) is 0 Å². The van der Waals surface area contributed by atoms with Gasteiger partial charge in [0.1, 0.15) is 5.75 Å². The zero-order chi connectivity index (χ0) is 21.9. The topological polar surface area (TPSA) is 111 Å². The molecule has 0 bridgehead atoms. The number of benzene rings is 2. The fourth-order valence-corrected chi connectivity index (χ4v) is 5.39. The summed E-state index contributed by atoms with van der Waals surface area (Å²) >= 11 is 0. The van der Waals surface area contributed by atoms with Crippen LogP contribution in [0.2, 0.25) is 0 Å². The number of rotatable bonds is 7. The minimum Gasteiger partial charge on any atom is -0.495 e. The quantitative estimate of drug-likeness (QED) is 0.669. The normalized spacial score (nSPS) is 15.6. The number of sulfonamides is 2. The van der Waals surface area contributed by atoms with Gasteiger partial charge < -0.3 is 14.2 Å². The van der Waals surface area contributed by atoms with Crippen LogP contribution in [0.4, 0.5) is 10.1 Å². The zero-order valence-corrected chi connectivity index (χ0v) is 17.9. The number of nitrogens with zero attached hydrogens (tertiary/aromatic N) is 1. The molecule has 1 aliphatic rings. The molecule has 12 heteroatoms. The smallest absolute Gasteiger partial charge is 0.262 e. The van der Waals surface area contributed by atoms with Crippen LogP contribution in [0.25, 0.3) is 0 Å². The molecular weight excluding hydrogens is 439 g/mol. The molecule has 2 aromatic rings. The van der Waals surface area contributed by atoms with E-state index in [1.165, 1.54) is 48.9 Å². The second-order valence-electron chi connectivity index (χ2n) is 6.28. The van der Waals surface area contributed by atoms with Gasteiger partial charge in [0.2, 0.25) is 10.0 Å². The molecule has 1 saturated heterocycles. The van der Waals surface area contributed by atoms with Crippen molar-refractivity contribution in [3.8, 4) is 11.5 Å². The Morgan fingerprint density at radius 3 is 2.13 bits per heavy atom. The van der Waals surface area contributed by atoms with E-state index < -0.39 is 25.9 Å². The van der Waals surface area contributed by atoms with E-state index in [0.717, 1.165) is 6.07 Å². The first-order valence-corrected chi connectivity index (χ1v) is 11.7. The first-order valence-electron chi connectivity index (χ1n) is 8.81. The van der Waals surface area contributed by atoms with Gasteiger partial charge in [-0.2, -0.15) is 4.31 Å². The fourth-order valence-electron chi connectivity index (χ4n) is 2.88. The number of anilines is 1. The molecule has 9 nitrogen and oxygen atoms in total. The Balaban J connectivity index is 1.97. The molecule has 0 unspecified atom stereocenters. The third kappa shape index (κ3) is 4.51. The van der Waals surface area contributed by atoms with Crippen LogP contribution in [0.15, 0.2) is 46.2 Å². The van der Waals surface area contributed by atoms with Gasteiger partial charge >= 0.3 is 0 Å². The van der Waals surface area contributed by atoms with E-state index in [1.807, 2.05) is 0 Å². The molecule has 164 valence electrons. The first-order chi connectivity index (χ1) is 14.2. The summed E-state index contributed by atoms with van der Waals surface area (Å²) in [4.78, 5) is -0.465. The lowest BCUT2D eigenvalue weighted by Gasteiger charge is -2.26. The second kappa shape index (κ2) is 8.76. The Morgan fingerprint density at radius 1 is 0.933 bits per heavy atom. The maximum absolute atomic E-state index is 14.0. The standard InChI is InChI=1S/C18H21FN2O7S2/c1-26-17-5-3-13(11-15(17)19)29(22,23)20-16-12-14(4-6-18(16)27-2)30(24,25)21-7-9-28-10-8-21/h3-6,11-12,20H,7-10H2,1-2H3. The van der Waals surface area contributed by atoms with Gasteiger partial charge in [-0.1, -0.05) is 0 Å². The molecular formula is C18H21FN2O7S2. The van der Waals surface area contributed by atoms with Crippen LogP contribution < -0.4 is 14.2 Å². The van der Waals surface area contributed by atoms with Crippen molar-refractivity contribution < 1.29 is 35.4 Å². The molecule has 0 saturated carbocycles. The van der Waals surface area contributed by atoms with Gasteiger partial charge in [-0.15, -0.1) is 0 Å². The van der Waals surface area contributed by atoms with Crippen LogP contribution in [0.1, 0.15) is 0 Å². The maximum Gasteiger partial charge on any atom is 0.262 e. The summed E-state index contributed by atoms with van der Waals surface area (Å²) in [5.41, 5.74) is -0.0944. The van der Waals surface area contributed by atoms with Crippen molar-refractivity contribution in [3.63, 3.8) is 0 Å². The van der Waals surface area contributed by atoms with E-state index in [-0.39, 0.29) is 53.3 Å². The summed E-state index contributed by atoms with van der Waals surface area (Å²) in [5.74, 6) is -0.852. The lowest BCUT2D eigenvalue weighted by molar-refractivity contribution is 0.0730. The summed E-state index contributed by atoms with van der Waals surface area (Å²) in [7, 11) is -5.52. The molecule has 1 heterocycles. The summed E-state index contributed by atoms with van der Waals surface area (Å²) in [6, 6.07) is 7.00. The highest BCUT2D eigenvalue weighted by molar-refractivity contribution is 7.92. The van der Waals surface area contributed by atoms with Gasteiger partial charge in [-0.05, 0) is 36.4 Å². The van der Waals surface area contributed by atoms with Crippen LogP contribution in [-0.2, 0) is 24.8 Å². The average Bonchev–Trinajstić information content (AvgIpc) is 2.74. The van der Waals surface area contributed by atoms with Gasteiger partial charge in [-0.3, -0.25) is 4.72 Å². The molecule has 0 radical (unpaired) electrons. The van der Waals surface area contributed by atoms with E-state index in [4.69, 9.17) is 14.2 Å². The molecule has 0 atom stereocenters. The Labute approximate surface area is 174 Å². The molecule has 0 spiro atoms. The van der Waals surface area contributed by atoms with Gasteiger partial charge in [0.05, 0.1) is 42.9 Å². The molecule has 1 aliphatic heterocycles. The van der Waals surface area contributed by atoms with E-state index >= 15 is 0 Å². The van der Waals surface area contributed by atoms with Crippen LogP contribution in [0, 0.1) is 5.82 Å². The molecule has 30 heavy (non-hydrogen) atoms. The maximum atomic E-state index is 14.0. The molecule has 2 aromatic carbocycles. The minimum atomic E-state index is -4.23. The Kier molecular flexibility index (Phi) is 6.50. The number of hydrogen-bond donors (Lipinski definition) is 1. The average molecular weight is 461 g/mol. The van der Waals surface area contributed by atoms with E-state index in [1.54, 1.807) is 0 Å². The lowest BCUT2D eigenvalue weighted by atomic mass is 10.3. The summed E-state index contributed by atoms with van der Waals surface area (Å²) in [5, 5.41) is 0. The largest absolute Gasteiger partial charge is 0.495 e. The number of halogens is 1. The summed E-state index contributed by atoms with van der Waals surface area (Å²) in [6.45, 7) is 0.941. The Bertz CT molecular complexity index is 1130. The molecule has 0 amide bonds. The van der Waals surface area contributed by atoms with E-state index in [0.29, 0.717) is 0 Å². The van der Waals surface area contributed by atoms with Gasteiger partial charge in [0.15, 0.2) is 11.6 Å². The van der Waals surface area contributed by atoms with Crippen molar-refractivity contribution in [2.75, 3.05) is 45.2 Å². The zero-order valence-electron chi connectivity index (χ0n) is 16.3. The summed E-state index contributed by atoms with van der Waals surface area (Å²) < 4.78 is 83.8. The monoisotopic (exact) mass is 460 g/mol. The lowest BCUT2D eigenvalue weighted by Crippen LogP contribution is -2.40. The number of ether oxygens (including phenoxy) is 3. The third-order valence-corrected chi connectivity index (χ3v) is 7.71. The van der Waals surface area contributed by atoms with E-state index in [9.17, 15) is 21.2 Å². The predicted molar refractivity (Wildman–Crippen MR) is 106 cm³/mol. The highest BCUT2D eigenvalue weighted by Crippen LogP contribution is 2.31. The van der Waals surface area contributed by atoms with Crippen LogP contribution in [-0.4, -0.2) is 61.7 Å². The van der Waals surface area contributed by atoms with Crippen molar-refractivity contribution in [2.24, 2.45) is 0 Å². The highest BCUT2D eigenvalue weighted by atomic mass is 32.2. The number of hydrogen-bond acceptors (Lipinski definition) is 7. The minimum absolute atomic E-state index is 0.0944. The van der Waals surface area contributed by atoms with Crippen molar-refractivity contribution in [2.45, 2.75) is 9.79 Å². The van der Waals surface area contributed by atoms with Gasteiger partial charge in [-0.25, -0.2) is 21.2 Å². The van der Waals surface area contributed by atoms with Crippen LogP contribution >= 0.6 is 0 Å². The second-order valence-corrected chi connectivity index (χ2v) is 9.90. The summed E-state index contributed by atoms with van der Waals surface area (Å²) in [6.07, 6.45) is 0. The third-order valence-electron chi connectivity index (χ3n) is 4.46. The van der Waals surface area contributed by atoms with E-state index in [2.05, 4.69) is 4.72 Å². The van der Waals surface area contributed by atoms with Crippen molar-refractivity contribution in [3.05, 3.63) is 42.2 Å². The molecule has 1 fully saturated rings. The number of morpholine rings is 1. The van der Waals surface area contributed by atoms with Crippen LogP contribution in [0.5, 0.6) is 11.5 Å². The fraction of sp³-hybridized carbons (Fsp3) is 0.333. The molecule has 0 aliphatic carbocycles. The molecule has 1 N–H and O–H groups in total. The SMILES string of the molecule is COc1ccc(S(=O)(=O)Nc2cc(S(=O)(=O)N3CCOCC3)ccc2OC)cc1F. The van der Waals surface area contributed by atoms with Crippen LogP contribution in [0.3, 0.4) is 0 Å². The predicted octanol–water partition coefficient (Wildman–Crippen LogP) is 1.66. The molecule has 3 rings (SSSR count). The van der Waals surface area contributed by atoms with Gasteiger partial charge in [0, 0.05) is 13.1 Å². The Hall–Kier alpha value is -2.41. The highest BCUT2D eigenvalue weighted by Gasteiger charge is 2.28. The first kappa shape index (κ1) is 22.3.